The number of anilines is 1. The van der Waals surface area contributed by atoms with Crippen LogP contribution in [0.15, 0.2) is 36.4 Å². The van der Waals surface area contributed by atoms with Crippen molar-refractivity contribution in [3.63, 3.8) is 0 Å². The maximum Gasteiger partial charge on any atom is 0.165 e. The van der Waals surface area contributed by atoms with Gasteiger partial charge in [0.1, 0.15) is 5.82 Å². The first-order valence-electron chi connectivity index (χ1n) is 5.61. The van der Waals surface area contributed by atoms with E-state index in [1.165, 1.54) is 19.2 Å². The van der Waals surface area contributed by atoms with E-state index in [1.807, 2.05) is 0 Å². The molecule has 0 radical (unpaired) electrons. The Bertz CT molecular complexity index is 590. The van der Waals surface area contributed by atoms with E-state index in [9.17, 15) is 8.78 Å². The first-order chi connectivity index (χ1) is 9.10. The Morgan fingerprint density at radius 2 is 1.84 bits per heavy atom. The van der Waals surface area contributed by atoms with Crippen molar-refractivity contribution in [1.82, 2.24) is 0 Å². The monoisotopic (exact) mass is 283 g/mol. The summed E-state index contributed by atoms with van der Waals surface area (Å²) in [7, 11) is 1.40. The van der Waals surface area contributed by atoms with Crippen LogP contribution in [0.4, 0.5) is 14.5 Å². The van der Waals surface area contributed by atoms with Crippen LogP contribution >= 0.6 is 11.6 Å². The van der Waals surface area contributed by atoms with Gasteiger partial charge in [0.15, 0.2) is 11.6 Å². The Kier molecular flexibility index (Phi) is 4.22. The maximum atomic E-state index is 13.2. The van der Waals surface area contributed by atoms with E-state index in [0.717, 1.165) is 5.56 Å². The topological polar surface area (TPSA) is 21.3 Å². The highest BCUT2D eigenvalue weighted by Crippen LogP contribution is 2.22. The quantitative estimate of drug-likeness (QED) is 0.906. The zero-order valence-corrected chi connectivity index (χ0v) is 11.0. The Balaban J connectivity index is 2.07. The van der Waals surface area contributed by atoms with Gasteiger partial charge in [-0.25, -0.2) is 8.78 Å². The van der Waals surface area contributed by atoms with Crippen LogP contribution in [0.1, 0.15) is 5.56 Å². The first kappa shape index (κ1) is 13.6. The highest BCUT2D eigenvalue weighted by Gasteiger charge is 2.04. The van der Waals surface area contributed by atoms with Gasteiger partial charge in [0.2, 0.25) is 0 Å². The van der Waals surface area contributed by atoms with Crippen molar-refractivity contribution in [3.05, 3.63) is 58.6 Å². The normalized spacial score (nSPS) is 10.3. The summed E-state index contributed by atoms with van der Waals surface area (Å²) in [6.45, 7) is 0.453. The molecule has 0 fully saturated rings. The Hall–Kier alpha value is -1.81. The molecule has 0 aromatic heterocycles. The van der Waals surface area contributed by atoms with Crippen LogP contribution in [0.2, 0.25) is 5.02 Å². The van der Waals surface area contributed by atoms with E-state index in [-0.39, 0.29) is 10.8 Å². The highest BCUT2D eigenvalue weighted by atomic mass is 35.5. The fourth-order valence-electron chi connectivity index (χ4n) is 1.62. The van der Waals surface area contributed by atoms with E-state index in [4.69, 9.17) is 16.3 Å². The van der Waals surface area contributed by atoms with Crippen molar-refractivity contribution < 1.29 is 13.5 Å². The second kappa shape index (κ2) is 5.89. The third-order valence-electron chi connectivity index (χ3n) is 2.63. The van der Waals surface area contributed by atoms with Crippen LogP contribution < -0.4 is 10.1 Å². The number of rotatable bonds is 4. The second-order valence-electron chi connectivity index (χ2n) is 3.95. The molecule has 0 bridgehead atoms. The minimum absolute atomic E-state index is 0.0796. The van der Waals surface area contributed by atoms with Gasteiger partial charge in [-0.3, -0.25) is 0 Å². The summed E-state index contributed by atoms with van der Waals surface area (Å²) in [5.41, 5.74) is 1.54. The number of halogens is 3. The number of methoxy groups -OCH3 is 1. The zero-order chi connectivity index (χ0) is 13.8. The molecular weight excluding hydrogens is 272 g/mol. The number of hydrogen-bond donors (Lipinski definition) is 1. The van der Waals surface area contributed by atoms with E-state index < -0.39 is 11.6 Å². The molecule has 0 heterocycles. The third-order valence-corrected chi connectivity index (χ3v) is 2.92. The molecule has 0 atom stereocenters. The lowest BCUT2D eigenvalue weighted by Crippen LogP contribution is -2.00. The molecule has 100 valence electrons. The number of nitrogens with one attached hydrogen (secondary N) is 1. The molecule has 2 aromatic rings. The Morgan fingerprint density at radius 1 is 1.11 bits per heavy atom. The lowest BCUT2D eigenvalue weighted by Gasteiger charge is -2.09. The average molecular weight is 284 g/mol. The molecule has 0 saturated heterocycles. The van der Waals surface area contributed by atoms with Gasteiger partial charge in [-0.05, 0) is 29.8 Å². The maximum absolute atomic E-state index is 13.2. The zero-order valence-electron chi connectivity index (χ0n) is 10.2. The van der Waals surface area contributed by atoms with Crippen LogP contribution in [0, 0.1) is 11.6 Å². The minimum Gasteiger partial charge on any atom is -0.494 e. The van der Waals surface area contributed by atoms with Crippen molar-refractivity contribution in [2.24, 2.45) is 0 Å². The molecule has 2 aromatic carbocycles. The van der Waals surface area contributed by atoms with Crippen molar-refractivity contribution in [1.29, 1.82) is 0 Å². The molecule has 0 saturated carbocycles. The van der Waals surface area contributed by atoms with Crippen molar-refractivity contribution in [2.75, 3.05) is 12.4 Å². The molecule has 19 heavy (non-hydrogen) atoms. The van der Waals surface area contributed by atoms with Gasteiger partial charge >= 0.3 is 0 Å². The smallest absolute Gasteiger partial charge is 0.165 e. The number of hydrogen-bond acceptors (Lipinski definition) is 2. The predicted octanol–water partition coefficient (Wildman–Crippen LogP) is 4.24. The Labute approximate surface area is 115 Å². The summed E-state index contributed by atoms with van der Waals surface area (Å²) in [5.74, 6) is -0.700. The number of ether oxygens (including phenoxy) is 1. The van der Waals surface area contributed by atoms with Gasteiger partial charge in [-0.2, -0.15) is 0 Å². The molecule has 2 nitrogen and oxygen atoms in total. The van der Waals surface area contributed by atoms with E-state index in [2.05, 4.69) is 5.32 Å². The number of benzene rings is 2. The Morgan fingerprint density at radius 3 is 2.53 bits per heavy atom. The molecular formula is C14H12ClF2NO. The van der Waals surface area contributed by atoms with Crippen LogP contribution in [0.3, 0.4) is 0 Å². The molecule has 0 aliphatic rings. The summed E-state index contributed by atoms with van der Waals surface area (Å²) in [5, 5.41) is 3.16. The van der Waals surface area contributed by atoms with E-state index in [1.54, 1.807) is 24.3 Å². The summed E-state index contributed by atoms with van der Waals surface area (Å²) in [6.07, 6.45) is 0. The average Bonchev–Trinajstić information content (AvgIpc) is 2.41. The van der Waals surface area contributed by atoms with Gasteiger partial charge < -0.3 is 10.1 Å². The van der Waals surface area contributed by atoms with Crippen molar-refractivity contribution in [3.8, 4) is 5.75 Å². The first-order valence-corrected chi connectivity index (χ1v) is 5.99. The molecule has 0 amide bonds. The minimum atomic E-state index is -0.450. The molecule has 0 aliphatic heterocycles. The van der Waals surface area contributed by atoms with Gasteiger partial charge in [-0.1, -0.05) is 17.7 Å². The third kappa shape index (κ3) is 3.35. The fourth-order valence-corrected chi connectivity index (χ4v) is 1.83. The van der Waals surface area contributed by atoms with Gasteiger partial charge in [0.25, 0.3) is 0 Å². The van der Waals surface area contributed by atoms with Gasteiger partial charge in [0.05, 0.1) is 12.1 Å². The molecule has 0 spiro atoms. The molecule has 0 aliphatic carbocycles. The highest BCUT2D eigenvalue weighted by molar-refractivity contribution is 6.30. The largest absolute Gasteiger partial charge is 0.494 e. The summed E-state index contributed by atoms with van der Waals surface area (Å²) in [4.78, 5) is 0. The molecule has 5 heteroatoms. The van der Waals surface area contributed by atoms with Gasteiger partial charge in [-0.15, -0.1) is 0 Å². The lowest BCUT2D eigenvalue weighted by molar-refractivity contribution is 0.387. The standard InChI is InChI=1S/C14H12ClF2NO/c1-19-14-7-10(3-5-13(14)17)18-8-9-2-4-12(16)11(15)6-9/h2-7,18H,8H2,1H3. The van der Waals surface area contributed by atoms with E-state index >= 15 is 0 Å². The molecule has 1 N–H and O–H groups in total. The summed E-state index contributed by atoms with van der Waals surface area (Å²) >= 11 is 5.69. The summed E-state index contributed by atoms with van der Waals surface area (Å²) < 4.78 is 31.1. The van der Waals surface area contributed by atoms with Crippen LogP contribution in [0.25, 0.3) is 0 Å². The molecule has 0 unspecified atom stereocenters. The van der Waals surface area contributed by atoms with Crippen molar-refractivity contribution >= 4 is 17.3 Å². The van der Waals surface area contributed by atoms with Crippen LogP contribution in [0.5, 0.6) is 5.75 Å². The van der Waals surface area contributed by atoms with Crippen LogP contribution in [-0.4, -0.2) is 7.11 Å². The fraction of sp³-hybridized carbons (Fsp3) is 0.143. The van der Waals surface area contributed by atoms with Crippen LogP contribution in [-0.2, 0) is 6.54 Å². The van der Waals surface area contributed by atoms with E-state index in [0.29, 0.717) is 12.2 Å². The SMILES string of the molecule is COc1cc(NCc2ccc(F)c(Cl)c2)ccc1F. The lowest BCUT2D eigenvalue weighted by atomic mass is 10.2. The van der Waals surface area contributed by atoms with Crippen molar-refractivity contribution in [2.45, 2.75) is 6.54 Å². The second-order valence-corrected chi connectivity index (χ2v) is 4.36. The summed E-state index contributed by atoms with van der Waals surface area (Å²) in [6, 6.07) is 8.96. The van der Waals surface area contributed by atoms with Gasteiger partial charge in [0, 0.05) is 18.3 Å². The molecule has 2 rings (SSSR count). The predicted molar refractivity (Wildman–Crippen MR) is 71.7 cm³/mol.